The van der Waals surface area contributed by atoms with Crippen LogP contribution in [0.1, 0.15) is 30.5 Å². The van der Waals surface area contributed by atoms with E-state index in [2.05, 4.69) is 24.1 Å². The van der Waals surface area contributed by atoms with Crippen molar-refractivity contribution in [3.8, 4) is 10.6 Å². The van der Waals surface area contributed by atoms with Crippen LogP contribution in [-0.4, -0.2) is 16.5 Å². The minimum absolute atomic E-state index is 0.100. The first-order valence-electron chi connectivity index (χ1n) is 6.48. The van der Waals surface area contributed by atoms with Crippen LogP contribution >= 0.6 is 11.3 Å². The van der Waals surface area contributed by atoms with Gasteiger partial charge < -0.3 is 5.32 Å². The largest absolute Gasteiger partial charge is 0.310 e. The first-order valence-corrected chi connectivity index (χ1v) is 7.30. The Hall–Kier alpha value is -1.79. The highest BCUT2D eigenvalue weighted by molar-refractivity contribution is 7.15. The summed E-state index contributed by atoms with van der Waals surface area (Å²) in [5.41, 5.74) is 2.03. The van der Waals surface area contributed by atoms with Crippen molar-refractivity contribution in [2.24, 2.45) is 0 Å². The minimum atomic E-state index is -0.393. The molecule has 1 atom stereocenters. The van der Waals surface area contributed by atoms with Crippen LogP contribution in [0.3, 0.4) is 0 Å². The Morgan fingerprint density at radius 3 is 2.60 bits per heavy atom. The Morgan fingerprint density at radius 1 is 1.40 bits per heavy atom. The summed E-state index contributed by atoms with van der Waals surface area (Å²) >= 11 is 1.63. The van der Waals surface area contributed by atoms with Gasteiger partial charge in [0.15, 0.2) is 0 Å². The SMILES string of the molecule is CCNC(C)c1sc(-c2ccc([N+](=O)[O-])cc2)nc1C. The van der Waals surface area contributed by atoms with E-state index in [0.29, 0.717) is 0 Å². The predicted molar refractivity (Wildman–Crippen MR) is 81.0 cm³/mol. The van der Waals surface area contributed by atoms with Crippen LogP contribution in [0.4, 0.5) is 5.69 Å². The topological polar surface area (TPSA) is 68.1 Å². The van der Waals surface area contributed by atoms with E-state index in [1.165, 1.54) is 17.0 Å². The van der Waals surface area contributed by atoms with E-state index in [0.717, 1.165) is 22.8 Å². The molecular weight excluding hydrogens is 274 g/mol. The van der Waals surface area contributed by atoms with E-state index in [-0.39, 0.29) is 11.7 Å². The molecule has 0 amide bonds. The van der Waals surface area contributed by atoms with Gasteiger partial charge in [-0.1, -0.05) is 6.92 Å². The van der Waals surface area contributed by atoms with Crippen molar-refractivity contribution < 1.29 is 4.92 Å². The zero-order valence-electron chi connectivity index (χ0n) is 11.7. The number of nitrogens with one attached hydrogen (secondary N) is 1. The lowest BCUT2D eigenvalue weighted by molar-refractivity contribution is -0.384. The number of hydrogen-bond acceptors (Lipinski definition) is 5. The third-order valence-corrected chi connectivity index (χ3v) is 4.45. The summed E-state index contributed by atoms with van der Waals surface area (Å²) < 4.78 is 0. The number of thiazole rings is 1. The summed E-state index contributed by atoms with van der Waals surface area (Å²) in [4.78, 5) is 16.0. The van der Waals surface area contributed by atoms with Crippen LogP contribution < -0.4 is 5.32 Å². The second kappa shape index (κ2) is 6.11. The van der Waals surface area contributed by atoms with Crippen molar-refractivity contribution in [1.82, 2.24) is 10.3 Å². The molecule has 0 saturated heterocycles. The first kappa shape index (κ1) is 14.6. The summed E-state index contributed by atoms with van der Waals surface area (Å²) in [6, 6.07) is 6.79. The van der Waals surface area contributed by atoms with Gasteiger partial charge in [0.25, 0.3) is 5.69 Å². The zero-order valence-corrected chi connectivity index (χ0v) is 12.5. The van der Waals surface area contributed by atoms with Crippen molar-refractivity contribution >= 4 is 17.0 Å². The molecule has 0 saturated carbocycles. The maximum atomic E-state index is 10.7. The molecule has 0 spiro atoms. The van der Waals surface area contributed by atoms with Gasteiger partial charge in [-0.2, -0.15) is 0 Å². The van der Waals surface area contributed by atoms with Crippen molar-refractivity contribution in [1.29, 1.82) is 0 Å². The highest BCUT2D eigenvalue weighted by atomic mass is 32.1. The fourth-order valence-corrected chi connectivity index (χ4v) is 3.16. The van der Waals surface area contributed by atoms with Crippen LogP contribution in [0.5, 0.6) is 0 Å². The Kier molecular flexibility index (Phi) is 4.46. The number of benzene rings is 1. The lowest BCUT2D eigenvalue weighted by Crippen LogP contribution is -2.17. The molecule has 2 rings (SSSR count). The molecule has 1 aromatic carbocycles. The monoisotopic (exact) mass is 291 g/mol. The average Bonchev–Trinajstić information content (AvgIpc) is 2.81. The summed E-state index contributed by atoms with van der Waals surface area (Å²) in [7, 11) is 0. The summed E-state index contributed by atoms with van der Waals surface area (Å²) in [5, 5.41) is 14.9. The quantitative estimate of drug-likeness (QED) is 0.673. The van der Waals surface area contributed by atoms with E-state index in [9.17, 15) is 10.1 Å². The van der Waals surface area contributed by atoms with Crippen LogP contribution in [-0.2, 0) is 0 Å². The number of non-ortho nitro benzene ring substituents is 1. The van der Waals surface area contributed by atoms with Gasteiger partial charge in [-0.05, 0) is 32.5 Å². The molecule has 1 aromatic heterocycles. The Bertz CT molecular complexity index is 607. The van der Waals surface area contributed by atoms with E-state index in [4.69, 9.17) is 0 Å². The molecule has 1 N–H and O–H groups in total. The average molecular weight is 291 g/mol. The van der Waals surface area contributed by atoms with Gasteiger partial charge in [0.1, 0.15) is 5.01 Å². The standard InChI is InChI=1S/C14H17N3O2S/c1-4-15-9(2)13-10(3)16-14(20-13)11-5-7-12(8-6-11)17(18)19/h5-9,15H,4H2,1-3H3. The van der Waals surface area contributed by atoms with E-state index < -0.39 is 4.92 Å². The third-order valence-electron chi connectivity index (χ3n) is 3.06. The lowest BCUT2D eigenvalue weighted by atomic mass is 10.2. The number of aromatic nitrogens is 1. The van der Waals surface area contributed by atoms with Gasteiger partial charge in [0.2, 0.25) is 0 Å². The number of nitro benzene ring substituents is 1. The highest BCUT2D eigenvalue weighted by Gasteiger charge is 2.15. The number of rotatable bonds is 5. The molecule has 0 radical (unpaired) electrons. The molecule has 0 aliphatic carbocycles. The molecule has 106 valence electrons. The number of nitro groups is 1. The van der Waals surface area contributed by atoms with Gasteiger partial charge in [-0.15, -0.1) is 11.3 Å². The van der Waals surface area contributed by atoms with Crippen molar-refractivity contribution in [3.05, 3.63) is 45.0 Å². The smallest absolute Gasteiger partial charge is 0.269 e. The van der Waals surface area contributed by atoms with Crippen molar-refractivity contribution in [2.45, 2.75) is 26.8 Å². The molecule has 0 aliphatic heterocycles. The maximum Gasteiger partial charge on any atom is 0.269 e. The van der Waals surface area contributed by atoms with E-state index in [1.807, 2.05) is 6.92 Å². The van der Waals surface area contributed by atoms with Crippen molar-refractivity contribution in [3.63, 3.8) is 0 Å². The van der Waals surface area contributed by atoms with E-state index in [1.54, 1.807) is 23.5 Å². The van der Waals surface area contributed by atoms with Crippen LogP contribution in [0.2, 0.25) is 0 Å². The molecule has 0 bridgehead atoms. The van der Waals surface area contributed by atoms with E-state index >= 15 is 0 Å². The second-order valence-electron chi connectivity index (χ2n) is 4.55. The first-order chi connectivity index (χ1) is 9.52. The lowest BCUT2D eigenvalue weighted by Gasteiger charge is -2.09. The van der Waals surface area contributed by atoms with Crippen LogP contribution in [0.25, 0.3) is 10.6 Å². The summed E-state index contributed by atoms with van der Waals surface area (Å²) in [6.45, 7) is 7.09. The number of hydrogen-bond donors (Lipinski definition) is 1. The Balaban J connectivity index is 2.29. The highest BCUT2D eigenvalue weighted by Crippen LogP contribution is 2.32. The molecule has 5 nitrogen and oxygen atoms in total. The van der Waals surface area contributed by atoms with Gasteiger partial charge in [0, 0.05) is 28.6 Å². The fraction of sp³-hybridized carbons (Fsp3) is 0.357. The molecule has 1 heterocycles. The molecule has 1 unspecified atom stereocenters. The van der Waals surface area contributed by atoms with Gasteiger partial charge in [0.05, 0.1) is 10.6 Å². The third kappa shape index (κ3) is 3.02. The van der Waals surface area contributed by atoms with Crippen LogP contribution in [0.15, 0.2) is 24.3 Å². The van der Waals surface area contributed by atoms with Crippen molar-refractivity contribution in [2.75, 3.05) is 6.54 Å². The zero-order chi connectivity index (χ0) is 14.7. The van der Waals surface area contributed by atoms with Gasteiger partial charge in [-0.3, -0.25) is 10.1 Å². The Morgan fingerprint density at radius 2 is 2.05 bits per heavy atom. The maximum absolute atomic E-state index is 10.7. The fourth-order valence-electron chi connectivity index (χ4n) is 2.06. The Labute approximate surface area is 121 Å². The van der Waals surface area contributed by atoms with Gasteiger partial charge >= 0.3 is 0 Å². The number of nitrogens with zero attached hydrogens (tertiary/aromatic N) is 2. The normalized spacial score (nSPS) is 12.3. The summed E-state index contributed by atoms with van der Waals surface area (Å²) in [6.07, 6.45) is 0. The molecule has 20 heavy (non-hydrogen) atoms. The molecule has 2 aromatic rings. The number of aryl methyl sites for hydroxylation is 1. The predicted octanol–water partition coefficient (Wildman–Crippen LogP) is 3.70. The molecule has 0 fully saturated rings. The molecule has 6 heteroatoms. The molecular formula is C14H17N3O2S. The molecule has 0 aliphatic rings. The summed E-state index contributed by atoms with van der Waals surface area (Å²) in [5.74, 6) is 0. The minimum Gasteiger partial charge on any atom is -0.310 e. The van der Waals surface area contributed by atoms with Crippen LogP contribution in [0, 0.1) is 17.0 Å². The van der Waals surface area contributed by atoms with Gasteiger partial charge in [-0.25, -0.2) is 4.98 Å². The second-order valence-corrected chi connectivity index (χ2v) is 5.58.